The summed E-state index contributed by atoms with van der Waals surface area (Å²) in [5.74, 6) is -0.146. The highest BCUT2D eigenvalue weighted by Crippen LogP contribution is 2.35. The number of benzene rings is 1. The van der Waals surface area contributed by atoms with Gasteiger partial charge in [-0.15, -0.1) is 0 Å². The maximum atomic E-state index is 13.6. The van der Waals surface area contributed by atoms with Crippen LogP contribution in [0.2, 0.25) is 0 Å². The molecule has 29 heavy (non-hydrogen) atoms. The molecule has 2 aliphatic rings. The Kier molecular flexibility index (Phi) is 4.34. The molecule has 4 heterocycles. The van der Waals surface area contributed by atoms with Crippen molar-refractivity contribution in [3.63, 3.8) is 0 Å². The van der Waals surface area contributed by atoms with Crippen LogP contribution in [-0.4, -0.2) is 38.5 Å². The second-order valence-electron chi connectivity index (χ2n) is 7.55. The van der Waals surface area contributed by atoms with Gasteiger partial charge in [0, 0.05) is 24.1 Å². The van der Waals surface area contributed by atoms with Crippen molar-refractivity contribution in [2.45, 2.75) is 37.6 Å². The molecule has 5 rings (SSSR count). The maximum absolute atomic E-state index is 13.6. The van der Waals surface area contributed by atoms with E-state index < -0.39 is 5.82 Å². The molecule has 1 saturated heterocycles. The van der Waals surface area contributed by atoms with Crippen LogP contribution >= 0.6 is 0 Å². The molecule has 0 spiro atoms. The summed E-state index contributed by atoms with van der Waals surface area (Å²) >= 11 is 0. The molecule has 148 valence electrons. The van der Waals surface area contributed by atoms with E-state index in [-0.39, 0.29) is 29.6 Å². The number of hydrogen-bond donors (Lipinski definition) is 0. The van der Waals surface area contributed by atoms with Crippen LogP contribution in [-0.2, 0) is 6.42 Å². The van der Waals surface area contributed by atoms with E-state index in [1.165, 1.54) is 24.3 Å². The van der Waals surface area contributed by atoms with E-state index in [0.717, 1.165) is 31.0 Å². The Bertz CT molecular complexity index is 1070. The van der Waals surface area contributed by atoms with Crippen LogP contribution < -0.4 is 0 Å². The lowest BCUT2D eigenvalue weighted by Gasteiger charge is -2.37. The Morgan fingerprint density at radius 2 is 1.93 bits per heavy atom. The third kappa shape index (κ3) is 3.28. The minimum Gasteiger partial charge on any atom is -0.335 e. The molecule has 0 N–H and O–H groups in total. The van der Waals surface area contributed by atoms with Crippen LogP contribution in [0.25, 0.3) is 11.6 Å². The molecule has 3 aromatic rings. The van der Waals surface area contributed by atoms with Gasteiger partial charge < -0.3 is 9.42 Å². The van der Waals surface area contributed by atoms with E-state index >= 15 is 0 Å². The molecule has 1 amide bonds. The minimum absolute atomic E-state index is 0.0600. The highest BCUT2D eigenvalue weighted by Gasteiger charge is 2.37. The van der Waals surface area contributed by atoms with Crippen LogP contribution in [0.15, 0.2) is 41.1 Å². The zero-order chi connectivity index (χ0) is 20.0. The molecule has 0 saturated carbocycles. The molecule has 2 aromatic heterocycles. The van der Waals surface area contributed by atoms with Crippen molar-refractivity contribution in [1.82, 2.24) is 20.0 Å². The van der Waals surface area contributed by atoms with E-state index in [4.69, 9.17) is 4.52 Å². The van der Waals surface area contributed by atoms with Crippen molar-refractivity contribution in [3.05, 3.63) is 65.1 Å². The molecule has 6 nitrogen and oxygen atoms in total. The van der Waals surface area contributed by atoms with E-state index in [9.17, 15) is 13.6 Å². The first-order valence-corrected chi connectivity index (χ1v) is 9.63. The van der Waals surface area contributed by atoms with Gasteiger partial charge in [-0.2, -0.15) is 4.98 Å². The highest BCUT2D eigenvalue weighted by molar-refractivity contribution is 5.96. The first kappa shape index (κ1) is 17.9. The number of carbonyl (C=O) groups excluding carboxylic acids is 1. The zero-order valence-corrected chi connectivity index (χ0v) is 15.5. The number of piperidine rings is 1. The van der Waals surface area contributed by atoms with Crippen molar-refractivity contribution in [1.29, 1.82) is 0 Å². The maximum Gasteiger partial charge on any atom is 0.276 e. The van der Waals surface area contributed by atoms with Crippen LogP contribution in [0.5, 0.6) is 0 Å². The van der Waals surface area contributed by atoms with E-state index in [1.807, 2.05) is 4.90 Å². The lowest BCUT2D eigenvalue weighted by atomic mass is 9.90. The quantitative estimate of drug-likeness (QED) is 0.660. The van der Waals surface area contributed by atoms with Gasteiger partial charge >= 0.3 is 0 Å². The van der Waals surface area contributed by atoms with E-state index in [1.54, 1.807) is 6.07 Å². The smallest absolute Gasteiger partial charge is 0.276 e. The fourth-order valence-corrected chi connectivity index (χ4v) is 4.25. The topological polar surface area (TPSA) is 72.1 Å². The fourth-order valence-electron chi connectivity index (χ4n) is 4.25. The summed E-state index contributed by atoms with van der Waals surface area (Å²) in [6, 6.07) is 7.26. The van der Waals surface area contributed by atoms with Gasteiger partial charge in [0.2, 0.25) is 0 Å². The number of amides is 1. The first-order valence-electron chi connectivity index (χ1n) is 9.63. The lowest BCUT2D eigenvalue weighted by molar-refractivity contribution is 0.0582. The summed E-state index contributed by atoms with van der Waals surface area (Å²) in [4.78, 5) is 23.4. The summed E-state index contributed by atoms with van der Waals surface area (Å²) in [5.41, 5.74) is 1.74. The molecule has 1 aromatic carbocycles. The van der Waals surface area contributed by atoms with Crippen molar-refractivity contribution < 1.29 is 18.1 Å². The number of aromatic nitrogens is 3. The Morgan fingerprint density at radius 3 is 2.76 bits per heavy atom. The standard InChI is InChI=1S/C21H18F2N4O2/c22-14-3-7-17-12(9-14)1-5-16-6-2-13(11-27(16)21(17)28)19-25-20(29-26-19)18-8-4-15(23)10-24-18/h3-4,7-10,13,16H,1-2,5-6,11H2/t13-,16?/m1/s1. The third-order valence-corrected chi connectivity index (χ3v) is 5.77. The second kappa shape index (κ2) is 7.02. The molecule has 8 heteroatoms. The Balaban J connectivity index is 1.39. The molecular weight excluding hydrogens is 378 g/mol. The van der Waals surface area contributed by atoms with Crippen molar-refractivity contribution in [2.75, 3.05) is 6.54 Å². The van der Waals surface area contributed by atoms with Crippen molar-refractivity contribution in [2.24, 2.45) is 0 Å². The van der Waals surface area contributed by atoms with Crippen LogP contribution in [0.3, 0.4) is 0 Å². The minimum atomic E-state index is -0.438. The van der Waals surface area contributed by atoms with Crippen molar-refractivity contribution >= 4 is 5.91 Å². The normalized spacial score (nSPS) is 21.4. The number of fused-ring (bicyclic) bond motifs is 2. The third-order valence-electron chi connectivity index (χ3n) is 5.77. The number of rotatable bonds is 2. The number of nitrogens with zero attached hydrogens (tertiary/aromatic N) is 4. The number of pyridine rings is 1. The summed E-state index contributed by atoms with van der Waals surface area (Å²) in [6.07, 6.45) is 4.25. The SMILES string of the molecule is O=C1c2ccc(F)cc2CCC2CC[C@@H](c3noc(-c4ccc(F)cn4)n3)CN12. The Hall–Kier alpha value is -3.16. The van der Waals surface area contributed by atoms with Gasteiger partial charge in [-0.1, -0.05) is 5.16 Å². The zero-order valence-electron chi connectivity index (χ0n) is 15.5. The van der Waals surface area contributed by atoms with Gasteiger partial charge in [-0.25, -0.2) is 13.8 Å². The van der Waals surface area contributed by atoms with Gasteiger partial charge in [0.05, 0.1) is 6.20 Å². The van der Waals surface area contributed by atoms with E-state index in [0.29, 0.717) is 30.0 Å². The molecular formula is C21H18F2N4O2. The lowest BCUT2D eigenvalue weighted by Crippen LogP contribution is -2.45. The van der Waals surface area contributed by atoms with Gasteiger partial charge in [0.1, 0.15) is 17.3 Å². The Labute approximate surface area is 165 Å². The number of hydrogen-bond acceptors (Lipinski definition) is 5. The van der Waals surface area contributed by atoms with Gasteiger partial charge in [-0.3, -0.25) is 4.79 Å². The Morgan fingerprint density at radius 1 is 1.07 bits per heavy atom. The summed E-state index contributed by atoms with van der Waals surface area (Å²) in [5, 5.41) is 4.07. The highest BCUT2D eigenvalue weighted by atomic mass is 19.1. The average molecular weight is 396 g/mol. The fraction of sp³-hybridized carbons (Fsp3) is 0.333. The molecule has 1 fully saturated rings. The second-order valence-corrected chi connectivity index (χ2v) is 7.55. The van der Waals surface area contributed by atoms with Crippen LogP contribution in [0, 0.1) is 11.6 Å². The van der Waals surface area contributed by atoms with Gasteiger partial charge in [0.25, 0.3) is 11.8 Å². The number of carbonyl (C=O) groups is 1. The predicted octanol–water partition coefficient (Wildman–Crippen LogP) is 3.74. The van der Waals surface area contributed by atoms with Gasteiger partial charge in [0.15, 0.2) is 5.82 Å². The average Bonchev–Trinajstić information content (AvgIpc) is 3.18. The molecule has 2 atom stereocenters. The monoisotopic (exact) mass is 396 g/mol. The molecule has 1 unspecified atom stereocenters. The van der Waals surface area contributed by atoms with Crippen LogP contribution in [0.4, 0.5) is 8.78 Å². The molecule has 0 aliphatic carbocycles. The number of aryl methyl sites for hydroxylation is 1. The largest absolute Gasteiger partial charge is 0.335 e. The molecule has 0 radical (unpaired) electrons. The molecule has 2 aliphatic heterocycles. The van der Waals surface area contributed by atoms with Gasteiger partial charge in [-0.05, 0) is 61.6 Å². The first-order chi connectivity index (χ1) is 14.1. The van der Waals surface area contributed by atoms with Crippen LogP contribution in [0.1, 0.15) is 46.9 Å². The van der Waals surface area contributed by atoms with Crippen molar-refractivity contribution in [3.8, 4) is 11.6 Å². The molecule has 0 bridgehead atoms. The summed E-state index contributed by atoms with van der Waals surface area (Å²) < 4.78 is 32.0. The summed E-state index contributed by atoms with van der Waals surface area (Å²) in [6.45, 7) is 0.482. The predicted molar refractivity (Wildman–Crippen MR) is 99.0 cm³/mol. The summed E-state index contributed by atoms with van der Waals surface area (Å²) in [7, 11) is 0. The number of halogens is 2. The van der Waals surface area contributed by atoms with E-state index in [2.05, 4.69) is 15.1 Å².